The minimum Gasteiger partial charge on any atom is -0.850 e. The van der Waals surface area contributed by atoms with Crippen molar-refractivity contribution in [2.75, 3.05) is 7.11 Å². The minimum absolute atomic E-state index is 0. The summed E-state index contributed by atoms with van der Waals surface area (Å²) in [4.78, 5) is 12.1. The third-order valence-corrected chi connectivity index (χ3v) is 3.19. The van der Waals surface area contributed by atoms with Crippen LogP contribution in [-0.2, 0) is 6.42 Å². The fraction of sp³-hybridized carbons (Fsp3) is 0.588. The van der Waals surface area contributed by atoms with E-state index in [4.69, 9.17) is 4.74 Å². The minimum atomic E-state index is -0.750. The van der Waals surface area contributed by atoms with Crippen molar-refractivity contribution in [3.63, 3.8) is 0 Å². The summed E-state index contributed by atoms with van der Waals surface area (Å²) in [5.41, 5.74) is 1.03. The van der Waals surface area contributed by atoms with Crippen LogP contribution >= 0.6 is 0 Å². The Morgan fingerprint density at radius 1 is 1.24 bits per heavy atom. The Morgan fingerprint density at radius 2 is 1.76 bits per heavy atom. The molecular formula is C17H25KO3. The molecule has 3 nitrogen and oxygen atoms in total. The number of carbonyl (C=O) groups is 1. The summed E-state index contributed by atoms with van der Waals surface area (Å²) in [6.45, 7) is 8.93. The first kappa shape index (κ1) is 21.3. The molecule has 0 atom stereocenters. The van der Waals surface area contributed by atoms with Crippen LogP contribution in [0.1, 0.15) is 57.0 Å². The molecule has 0 radical (unpaired) electrons. The van der Waals surface area contributed by atoms with Crippen LogP contribution in [0.15, 0.2) is 18.2 Å². The topological polar surface area (TPSA) is 49.4 Å². The molecule has 1 aromatic rings. The second kappa shape index (κ2) is 8.23. The maximum atomic E-state index is 12.1. The Bertz CT molecular complexity index is 481. The standard InChI is InChI=1S/C13H16O2.C4H9O.K/c1-13(2)7-6-9-8-10(15-3)4-5-11(9)12(13)14;1-4(2,3)5;/h4-5,8H,6-7H2,1-3H3;1-3H3;/q;-1;+1. The molecule has 1 aliphatic rings. The van der Waals surface area contributed by atoms with Crippen LogP contribution < -0.4 is 61.2 Å². The molecule has 0 aliphatic heterocycles. The van der Waals surface area contributed by atoms with E-state index < -0.39 is 5.60 Å². The van der Waals surface area contributed by atoms with Gasteiger partial charge in [0.2, 0.25) is 0 Å². The number of hydrogen-bond acceptors (Lipinski definition) is 3. The monoisotopic (exact) mass is 316 g/mol. The van der Waals surface area contributed by atoms with Crippen molar-refractivity contribution in [2.24, 2.45) is 5.41 Å². The third-order valence-electron chi connectivity index (χ3n) is 3.19. The van der Waals surface area contributed by atoms with Crippen molar-refractivity contribution < 1.29 is 66.0 Å². The molecule has 4 heteroatoms. The van der Waals surface area contributed by atoms with Crippen molar-refractivity contribution in [1.82, 2.24) is 0 Å². The Balaban J connectivity index is 0.000000583. The third kappa shape index (κ3) is 6.93. The summed E-state index contributed by atoms with van der Waals surface area (Å²) >= 11 is 0. The molecule has 0 N–H and O–H groups in total. The van der Waals surface area contributed by atoms with Crippen molar-refractivity contribution >= 4 is 5.78 Å². The molecule has 0 saturated heterocycles. The predicted octanol–water partition coefficient (Wildman–Crippen LogP) is -0.000500. The van der Waals surface area contributed by atoms with Crippen LogP contribution in [0.25, 0.3) is 0 Å². The first-order chi connectivity index (χ1) is 9.04. The van der Waals surface area contributed by atoms with Gasteiger partial charge in [-0.1, -0.05) is 34.6 Å². The van der Waals surface area contributed by atoms with E-state index in [2.05, 4.69) is 0 Å². The van der Waals surface area contributed by atoms with Gasteiger partial charge in [-0.15, -0.1) is 5.60 Å². The maximum Gasteiger partial charge on any atom is 1.00 e. The van der Waals surface area contributed by atoms with E-state index in [0.29, 0.717) is 0 Å². The Hall–Kier alpha value is 0.286. The zero-order valence-corrected chi connectivity index (χ0v) is 17.5. The van der Waals surface area contributed by atoms with Crippen LogP contribution in [0, 0.1) is 5.41 Å². The van der Waals surface area contributed by atoms with Gasteiger partial charge in [0.05, 0.1) is 7.11 Å². The Morgan fingerprint density at radius 3 is 2.24 bits per heavy atom. The first-order valence-corrected chi connectivity index (χ1v) is 6.97. The molecule has 0 heterocycles. The number of aryl methyl sites for hydroxylation is 1. The molecule has 0 fully saturated rings. The van der Waals surface area contributed by atoms with Gasteiger partial charge >= 0.3 is 51.4 Å². The fourth-order valence-electron chi connectivity index (χ4n) is 2.05. The van der Waals surface area contributed by atoms with Gasteiger partial charge in [0.1, 0.15) is 5.75 Å². The van der Waals surface area contributed by atoms with Crippen molar-refractivity contribution in [3.05, 3.63) is 29.3 Å². The number of rotatable bonds is 1. The first-order valence-electron chi connectivity index (χ1n) is 6.97. The molecule has 0 amide bonds. The van der Waals surface area contributed by atoms with Crippen LogP contribution in [0.2, 0.25) is 0 Å². The molecule has 2 rings (SSSR count). The van der Waals surface area contributed by atoms with Gasteiger partial charge in [-0.3, -0.25) is 4.79 Å². The largest absolute Gasteiger partial charge is 1.00 e. The van der Waals surface area contributed by atoms with Gasteiger partial charge in [0.15, 0.2) is 5.78 Å². The van der Waals surface area contributed by atoms with Gasteiger partial charge in [-0.2, -0.15) is 0 Å². The molecule has 0 bridgehead atoms. The SMILES string of the molecule is CC(C)(C)[O-].COc1ccc2c(c1)CCC(C)(C)C2=O.[K+]. The maximum absolute atomic E-state index is 12.1. The number of ketones is 1. The van der Waals surface area contributed by atoms with Gasteiger partial charge in [-0.25, -0.2) is 0 Å². The van der Waals surface area contributed by atoms with Gasteiger partial charge in [-0.05, 0) is 36.6 Å². The summed E-state index contributed by atoms with van der Waals surface area (Å²) in [6, 6.07) is 5.72. The number of carbonyl (C=O) groups excluding carboxylic acids is 1. The molecule has 0 saturated carbocycles. The molecule has 1 aromatic carbocycles. The molecule has 112 valence electrons. The van der Waals surface area contributed by atoms with E-state index in [1.54, 1.807) is 27.9 Å². The number of ether oxygens (including phenoxy) is 1. The number of benzene rings is 1. The van der Waals surface area contributed by atoms with E-state index in [-0.39, 0.29) is 62.6 Å². The second-order valence-electron chi connectivity index (χ2n) is 6.85. The van der Waals surface area contributed by atoms with Crippen LogP contribution in [0.3, 0.4) is 0 Å². The average molecular weight is 316 g/mol. The van der Waals surface area contributed by atoms with Crippen LogP contribution in [0.4, 0.5) is 0 Å². The van der Waals surface area contributed by atoms with E-state index in [0.717, 1.165) is 29.7 Å². The molecule has 0 unspecified atom stereocenters. The average Bonchev–Trinajstić information content (AvgIpc) is 2.32. The number of methoxy groups -OCH3 is 1. The Kier molecular flexibility index (Phi) is 8.34. The summed E-state index contributed by atoms with van der Waals surface area (Å²) in [5, 5.41) is 10.1. The van der Waals surface area contributed by atoms with Gasteiger partial charge < -0.3 is 9.84 Å². The fourth-order valence-corrected chi connectivity index (χ4v) is 2.05. The normalized spacial score (nSPS) is 16.0. The number of fused-ring (bicyclic) bond motifs is 1. The van der Waals surface area contributed by atoms with Crippen molar-refractivity contribution in [2.45, 2.75) is 53.1 Å². The van der Waals surface area contributed by atoms with Crippen LogP contribution in [-0.4, -0.2) is 18.5 Å². The van der Waals surface area contributed by atoms with Crippen molar-refractivity contribution in [3.8, 4) is 5.75 Å². The second-order valence-corrected chi connectivity index (χ2v) is 6.85. The number of hydrogen-bond donors (Lipinski definition) is 0. The number of Topliss-reactive ketones (excluding diaryl/α,β-unsaturated/α-hetero) is 1. The smallest absolute Gasteiger partial charge is 0.850 e. The van der Waals surface area contributed by atoms with E-state index in [1.165, 1.54) is 0 Å². The van der Waals surface area contributed by atoms with Crippen LogP contribution in [0.5, 0.6) is 5.75 Å². The summed E-state index contributed by atoms with van der Waals surface area (Å²) in [6.07, 6.45) is 1.89. The zero-order chi connectivity index (χ0) is 15.6. The van der Waals surface area contributed by atoms with E-state index in [9.17, 15) is 9.90 Å². The summed E-state index contributed by atoms with van der Waals surface area (Å²) in [7, 11) is 1.65. The van der Waals surface area contributed by atoms with Gasteiger partial charge in [0.25, 0.3) is 0 Å². The predicted molar refractivity (Wildman–Crippen MR) is 79.2 cm³/mol. The molecule has 1 aliphatic carbocycles. The molecule has 0 spiro atoms. The summed E-state index contributed by atoms with van der Waals surface area (Å²) in [5.74, 6) is 1.09. The molecular weight excluding hydrogens is 291 g/mol. The summed E-state index contributed by atoms with van der Waals surface area (Å²) < 4.78 is 5.16. The van der Waals surface area contributed by atoms with Gasteiger partial charge in [0, 0.05) is 11.0 Å². The Labute approximate surface area is 170 Å². The zero-order valence-electron chi connectivity index (χ0n) is 14.4. The molecule has 0 aromatic heterocycles. The van der Waals surface area contributed by atoms with E-state index >= 15 is 0 Å². The van der Waals surface area contributed by atoms with Crippen molar-refractivity contribution in [1.29, 1.82) is 0 Å². The molecule has 21 heavy (non-hydrogen) atoms. The van der Waals surface area contributed by atoms with E-state index in [1.807, 2.05) is 32.0 Å². The quantitative estimate of drug-likeness (QED) is 0.685.